The lowest BCUT2D eigenvalue weighted by atomic mass is 9.41. The maximum atomic E-state index is 11.7. The zero-order valence-electron chi connectivity index (χ0n) is 23.1. The van der Waals surface area contributed by atoms with Gasteiger partial charge in [-0.15, -0.1) is 0 Å². The molecule has 12 atom stereocenters. The van der Waals surface area contributed by atoms with E-state index in [0.29, 0.717) is 5.92 Å². The predicted molar refractivity (Wildman–Crippen MR) is 134 cm³/mol. The molecule has 0 radical (unpaired) electrons. The van der Waals surface area contributed by atoms with Gasteiger partial charge in [0.1, 0.15) is 0 Å². The molecule has 1 heterocycles. The van der Waals surface area contributed by atoms with E-state index in [2.05, 4.69) is 34.6 Å². The summed E-state index contributed by atoms with van der Waals surface area (Å²) in [5, 5.41) is 45.0. The van der Waals surface area contributed by atoms with Crippen molar-refractivity contribution in [2.45, 2.75) is 142 Å². The lowest BCUT2D eigenvalue weighted by Crippen LogP contribution is -2.62. The van der Waals surface area contributed by atoms with Gasteiger partial charge in [0.05, 0.1) is 35.6 Å². The first-order valence-corrected chi connectivity index (χ1v) is 14.4. The summed E-state index contributed by atoms with van der Waals surface area (Å²) in [4.78, 5) is 0. The van der Waals surface area contributed by atoms with Crippen molar-refractivity contribution in [3.8, 4) is 0 Å². The highest BCUT2D eigenvalue weighted by Gasteiger charge is 2.84. The molecule has 4 N–H and O–H groups in total. The van der Waals surface area contributed by atoms with E-state index < -0.39 is 23.4 Å². The van der Waals surface area contributed by atoms with Gasteiger partial charge in [0.15, 0.2) is 0 Å². The number of hydrogen-bond donors (Lipinski definition) is 4. The van der Waals surface area contributed by atoms with Crippen LogP contribution in [0.15, 0.2) is 0 Å². The fourth-order valence-corrected chi connectivity index (χ4v) is 12.1. The van der Waals surface area contributed by atoms with Gasteiger partial charge in [-0.2, -0.15) is 0 Å². The van der Waals surface area contributed by atoms with Gasteiger partial charge in [-0.3, -0.25) is 0 Å². The predicted octanol–water partition coefficient (Wildman–Crippen LogP) is 4.44. The molecule has 5 aliphatic carbocycles. The Hall–Kier alpha value is -0.200. The highest BCUT2D eigenvalue weighted by atomic mass is 16.5. The van der Waals surface area contributed by atoms with Gasteiger partial charge in [0.2, 0.25) is 0 Å². The maximum Gasteiger partial charge on any atom is 0.0865 e. The summed E-state index contributed by atoms with van der Waals surface area (Å²) in [6.07, 6.45) is 7.18. The molecule has 0 aromatic carbocycles. The Kier molecular flexibility index (Phi) is 4.92. The molecule has 1 aliphatic heterocycles. The van der Waals surface area contributed by atoms with Crippen molar-refractivity contribution in [2.24, 2.45) is 44.8 Å². The van der Waals surface area contributed by atoms with E-state index in [-0.39, 0.29) is 51.1 Å². The van der Waals surface area contributed by atoms with Crippen LogP contribution in [0, 0.1) is 44.8 Å². The molecule has 2 spiro atoms. The fourth-order valence-electron chi connectivity index (χ4n) is 12.1. The first-order valence-electron chi connectivity index (χ1n) is 14.4. The van der Waals surface area contributed by atoms with Crippen molar-refractivity contribution in [3.63, 3.8) is 0 Å². The Morgan fingerprint density at radius 2 is 1.46 bits per heavy atom. The minimum absolute atomic E-state index is 0.0267. The summed E-state index contributed by atoms with van der Waals surface area (Å²) < 4.78 is 6.66. The van der Waals surface area contributed by atoms with Crippen LogP contribution in [0.2, 0.25) is 0 Å². The van der Waals surface area contributed by atoms with E-state index in [0.717, 1.165) is 51.4 Å². The van der Waals surface area contributed by atoms with E-state index in [1.54, 1.807) is 0 Å². The molecule has 1 saturated heterocycles. The minimum Gasteiger partial charge on any atom is -0.393 e. The molecule has 0 aromatic rings. The molecule has 6 fully saturated rings. The Morgan fingerprint density at radius 3 is 2.09 bits per heavy atom. The second kappa shape index (κ2) is 6.86. The number of aliphatic hydroxyl groups is 4. The molecular formula is C30H50O5. The Morgan fingerprint density at radius 1 is 0.771 bits per heavy atom. The van der Waals surface area contributed by atoms with Gasteiger partial charge in [-0.05, 0) is 117 Å². The van der Waals surface area contributed by atoms with Crippen molar-refractivity contribution in [2.75, 3.05) is 0 Å². The number of hydrogen-bond acceptors (Lipinski definition) is 5. The zero-order valence-corrected chi connectivity index (χ0v) is 23.1. The summed E-state index contributed by atoms with van der Waals surface area (Å²) >= 11 is 0. The van der Waals surface area contributed by atoms with Gasteiger partial charge in [-0.1, -0.05) is 27.7 Å². The third-order valence-corrected chi connectivity index (χ3v) is 13.8. The largest absolute Gasteiger partial charge is 0.393 e. The van der Waals surface area contributed by atoms with Crippen LogP contribution >= 0.6 is 0 Å². The van der Waals surface area contributed by atoms with Crippen molar-refractivity contribution < 1.29 is 25.2 Å². The smallest absolute Gasteiger partial charge is 0.0865 e. The number of aliphatic hydroxyl groups excluding tert-OH is 3. The first-order chi connectivity index (χ1) is 16.0. The van der Waals surface area contributed by atoms with Gasteiger partial charge in [-0.25, -0.2) is 0 Å². The van der Waals surface area contributed by atoms with Crippen LogP contribution in [0.4, 0.5) is 0 Å². The van der Waals surface area contributed by atoms with Crippen molar-refractivity contribution in [1.29, 1.82) is 0 Å². The molecule has 0 bridgehead atoms. The number of ether oxygens (including phenoxy) is 1. The Bertz CT molecular complexity index is 911. The molecule has 5 unspecified atom stereocenters. The Labute approximate surface area is 212 Å². The number of fused-ring (bicyclic) bond motifs is 2. The second-order valence-corrected chi connectivity index (χ2v) is 15.9. The molecule has 5 nitrogen and oxygen atoms in total. The van der Waals surface area contributed by atoms with Crippen LogP contribution in [-0.4, -0.2) is 56.0 Å². The van der Waals surface area contributed by atoms with E-state index in [9.17, 15) is 20.4 Å². The van der Waals surface area contributed by atoms with Crippen LogP contribution in [0.5, 0.6) is 0 Å². The first kappa shape index (κ1) is 25.1. The van der Waals surface area contributed by atoms with Crippen LogP contribution in [0.3, 0.4) is 0 Å². The molecule has 200 valence electrons. The van der Waals surface area contributed by atoms with Gasteiger partial charge in [0.25, 0.3) is 0 Å². The summed E-state index contributed by atoms with van der Waals surface area (Å²) in [6, 6.07) is 0. The highest BCUT2D eigenvalue weighted by Crippen LogP contribution is 2.89. The van der Waals surface area contributed by atoms with E-state index >= 15 is 0 Å². The van der Waals surface area contributed by atoms with Crippen LogP contribution in [0.25, 0.3) is 0 Å². The van der Waals surface area contributed by atoms with E-state index in [4.69, 9.17) is 4.74 Å². The maximum absolute atomic E-state index is 11.7. The van der Waals surface area contributed by atoms with Crippen molar-refractivity contribution >= 4 is 0 Å². The summed E-state index contributed by atoms with van der Waals surface area (Å²) in [6.45, 7) is 15.0. The van der Waals surface area contributed by atoms with E-state index in [1.807, 2.05) is 13.8 Å². The highest BCUT2D eigenvalue weighted by molar-refractivity contribution is 5.33. The van der Waals surface area contributed by atoms with Gasteiger partial charge in [0, 0.05) is 5.92 Å². The SMILES string of the molecule is CC(C)(O)C1CC[C@@](C)(C2C(O)C[C@@]3(C)[C@@H]4CC(O)[C@H]5C(C)(C)C(O)CC[C@@]56C[C@@]46CC[C@]23C)O1. The molecule has 6 rings (SSSR count). The van der Waals surface area contributed by atoms with Crippen molar-refractivity contribution in [3.05, 3.63) is 0 Å². The Balaban J connectivity index is 1.37. The number of rotatable bonds is 2. The van der Waals surface area contributed by atoms with E-state index in [1.165, 1.54) is 6.42 Å². The average Bonchev–Trinajstić information content (AvgIpc) is 3.08. The fraction of sp³-hybridized carbons (Fsp3) is 1.00. The lowest BCUT2D eigenvalue weighted by Gasteiger charge is -2.64. The van der Waals surface area contributed by atoms with Crippen LogP contribution in [-0.2, 0) is 4.74 Å². The summed E-state index contributed by atoms with van der Waals surface area (Å²) in [5.74, 6) is 0.577. The second-order valence-electron chi connectivity index (χ2n) is 15.9. The summed E-state index contributed by atoms with van der Waals surface area (Å²) in [7, 11) is 0. The normalized spacial score (nSPS) is 60.9. The lowest BCUT2D eigenvalue weighted by molar-refractivity contribution is -0.213. The molecule has 6 aliphatic rings. The van der Waals surface area contributed by atoms with Crippen LogP contribution in [0.1, 0.15) is 106 Å². The molecule has 5 heteroatoms. The molecule has 0 amide bonds. The topological polar surface area (TPSA) is 90.2 Å². The van der Waals surface area contributed by atoms with Crippen LogP contribution < -0.4 is 0 Å². The third-order valence-electron chi connectivity index (χ3n) is 13.8. The summed E-state index contributed by atoms with van der Waals surface area (Å²) in [5.41, 5.74) is -1.35. The molecule has 35 heavy (non-hydrogen) atoms. The molecular weight excluding hydrogens is 440 g/mol. The molecule has 0 aromatic heterocycles. The minimum atomic E-state index is -0.886. The standard InChI is InChI=1S/C30H50O5/c1-24(2)20(33)8-11-30-16-29(30)13-12-26(5)23(28(7)10-9-21(35-28)25(3,4)34)18(32)15-27(26,6)19(29)14-17(31)22(24)30/h17-23,31-34H,8-16H2,1-7H3/t17?,18?,19-,20?,21?,22-,23?,26+,27-,28-,29-,30+/m0/s1. The molecule has 5 saturated carbocycles. The monoisotopic (exact) mass is 490 g/mol. The zero-order chi connectivity index (χ0) is 25.6. The van der Waals surface area contributed by atoms with Crippen molar-refractivity contribution in [1.82, 2.24) is 0 Å². The van der Waals surface area contributed by atoms with Gasteiger partial charge < -0.3 is 25.2 Å². The van der Waals surface area contributed by atoms with Gasteiger partial charge >= 0.3 is 0 Å². The average molecular weight is 491 g/mol. The quantitative estimate of drug-likeness (QED) is 0.460. The third kappa shape index (κ3) is 2.78.